The first-order valence-corrected chi connectivity index (χ1v) is 10.1. The summed E-state index contributed by atoms with van der Waals surface area (Å²) < 4.78 is 5.75. The summed E-state index contributed by atoms with van der Waals surface area (Å²) in [7, 11) is 1.33. The lowest BCUT2D eigenvalue weighted by Gasteiger charge is -2.35. The number of benzene rings is 2. The van der Waals surface area contributed by atoms with Gasteiger partial charge >= 0.3 is 6.09 Å². The molecule has 136 valence electrons. The van der Waals surface area contributed by atoms with Gasteiger partial charge in [0.15, 0.2) is 0 Å². The Hall–Kier alpha value is -1.99. The number of hydrogen-bond donors (Lipinski definition) is 1. The molecule has 2 amide bonds. The lowest BCUT2D eigenvalue weighted by Crippen LogP contribution is -2.45. The Kier molecular flexibility index (Phi) is 5.88. The van der Waals surface area contributed by atoms with Gasteiger partial charge in [-0.2, -0.15) is 0 Å². The summed E-state index contributed by atoms with van der Waals surface area (Å²) in [6, 6.07) is 12.7. The molecule has 0 fully saturated rings. The van der Waals surface area contributed by atoms with Crippen molar-refractivity contribution in [1.82, 2.24) is 4.90 Å². The highest BCUT2D eigenvalue weighted by molar-refractivity contribution is 9.10. The number of methoxy groups -OCH3 is 1. The molecule has 1 atom stereocenters. The second kappa shape index (κ2) is 8.14. The van der Waals surface area contributed by atoms with Crippen LogP contribution in [-0.4, -0.2) is 36.8 Å². The van der Waals surface area contributed by atoms with Crippen molar-refractivity contribution in [3.63, 3.8) is 0 Å². The van der Waals surface area contributed by atoms with Crippen molar-refractivity contribution in [1.29, 1.82) is 0 Å². The fourth-order valence-electron chi connectivity index (χ4n) is 3.07. The summed E-state index contributed by atoms with van der Waals surface area (Å²) >= 11 is 5.09. The predicted octanol–water partition coefficient (Wildman–Crippen LogP) is 4.48. The molecule has 0 saturated carbocycles. The van der Waals surface area contributed by atoms with E-state index in [1.165, 1.54) is 12.0 Å². The van der Waals surface area contributed by atoms with Crippen LogP contribution >= 0.6 is 27.7 Å². The minimum Gasteiger partial charge on any atom is -0.453 e. The lowest BCUT2D eigenvalue weighted by molar-refractivity contribution is -0.121. The first-order chi connectivity index (χ1) is 12.5. The van der Waals surface area contributed by atoms with Crippen LogP contribution in [0.15, 0.2) is 51.8 Å². The van der Waals surface area contributed by atoms with Crippen molar-refractivity contribution < 1.29 is 14.3 Å². The van der Waals surface area contributed by atoms with Crippen LogP contribution in [0.5, 0.6) is 0 Å². The molecular formula is C19H19BrN2O3S. The van der Waals surface area contributed by atoms with Crippen LogP contribution in [0.2, 0.25) is 0 Å². The molecule has 1 aliphatic heterocycles. The maximum atomic E-state index is 13.0. The number of carbonyl (C=O) groups excluding carboxylic acids is 2. The third-order valence-corrected chi connectivity index (χ3v) is 5.59. The third-order valence-electron chi connectivity index (χ3n) is 4.35. The maximum absolute atomic E-state index is 13.0. The molecule has 3 rings (SSSR count). The van der Waals surface area contributed by atoms with Gasteiger partial charge in [-0.25, -0.2) is 4.79 Å². The van der Waals surface area contributed by atoms with Crippen LogP contribution in [0.1, 0.15) is 17.2 Å². The van der Waals surface area contributed by atoms with Gasteiger partial charge in [-0.05, 0) is 60.2 Å². The minimum atomic E-state index is -0.732. The van der Waals surface area contributed by atoms with Crippen molar-refractivity contribution in [2.45, 2.75) is 17.4 Å². The van der Waals surface area contributed by atoms with E-state index >= 15 is 0 Å². The van der Waals surface area contributed by atoms with Crippen LogP contribution in [0.25, 0.3) is 0 Å². The van der Waals surface area contributed by atoms with E-state index in [-0.39, 0.29) is 5.91 Å². The molecule has 0 radical (unpaired) electrons. The zero-order valence-corrected chi connectivity index (χ0v) is 16.9. The van der Waals surface area contributed by atoms with Crippen molar-refractivity contribution in [3.05, 3.63) is 58.1 Å². The molecule has 0 bridgehead atoms. The quantitative estimate of drug-likeness (QED) is 0.723. The van der Waals surface area contributed by atoms with Gasteiger partial charge in [-0.3, -0.25) is 9.69 Å². The molecule has 1 aliphatic rings. The van der Waals surface area contributed by atoms with Crippen molar-refractivity contribution in [3.8, 4) is 0 Å². The van der Waals surface area contributed by atoms with E-state index in [1.54, 1.807) is 11.8 Å². The highest BCUT2D eigenvalue weighted by atomic mass is 79.9. The number of rotatable bonds is 3. The van der Waals surface area contributed by atoms with Gasteiger partial charge in [0.05, 0.1) is 7.11 Å². The van der Waals surface area contributed by atoms with Gasteiger partial charge < -0.3 is 10.1 Å². The normalized spacial score (nSPS) is 16.0. The Morgan fingerprint density at radius 2 is 1.96 bits per heavy atom. The van der Waals surface area contributed by atoms with Crippen molar-refractivity contribution in [2.24, 2.45) is 0 Å². The SMILES string of the molecule is COC(=O)N1CCc2ccc(Br)cc2[C@@H]1C(=O)Nc1ccc(SC)cc1. The van der Waals surface area contributed by atoms with Gasteiger partial charge in [-0.15, -0.1) is 11.8 Å². The summed E-state index contributed by atoms with van der Waals surface area (Å²) in [5.74, 6) is -0.258. The molecule has 0 saturated heterocycles. The largest absolute Gasteiger partial charge is 0.453 e. The third kappa shape index (κ3) is 3.88. The van der Waals surface area contributed by atoms with Crippen molar-refractivity contribution >= 4 is 45.4 Å². The molecule has 5 nitrogen and oxygen atoms in total. The summed E-state index contributed by atoms with van der Waals surface area (Å²) in [5, 5.41) is 2.92. The van der Waals surface area contributed by atoms with Crippen LogP contribution in [0.4, 0.5) is 10.5 Å². The summed E-state index contributed by atoms with van der Waals surface area (Å²) in [5.41, 5.74) is 2.57. The molecule has 26 heavy (non-hydrogen) atoms. The van der Waals surface area contributed by atoms with E-state index in [4.69, 9.17) is 4.74 Å². The minimum absolute atomic E-state index is 0.258. The average Bonchev–Trinajstić information content (AvgIpc) is 2.66. The predicted molar refractivity (Wildman–Crippen MR) is 107 cm³/mol. The second-order valence-electron chi connectivity index (χ2n) is 5.88. The smallest absolute Gasteiger partial charge is 0.410 e. The highest BCUT2D eigenvalue weighted by Gasteiger charge is 2.36. The maximum Gasteiger partial charge on any atom is 0.410 e. The Balaban J connectivity index is 1.93. The fourth-order valence-corrected chi connectivity index (χ4v) is 3.85. The molecule has 2 aromatic carbocycles. The molecule has 1 N–H and O–H groups in total. The number of nitrogens with one attached hydrogen (secondary N) is 1. The first-order valence-electron chi connectivity index (χ1n) is 8.11. The van der Waals surface area contributed by atoms with Crippen LogP contribution in [-0.2, 0) is 16.0 Å². The lowest BCUT2D eigenvalue weighted by atomic mass is 9.92. The average molecular weight is 435 g/mol. The number of anilines is 1. The molecule has 7 heteroatoms. The van der Waals surface area contributed by atoms with E-state index in [1.807, 2.05) is 48.7 Å². The molecule has 1 heterocycles. The van der Waals surface area contributed by atoms with Crippen molar-refractivity contribution in [2.75, 3.05) is 25.2 Å². The van der Waals surface area contributed by atoms with Crippen LogP contribution < -0.4 is 5.32 Å². The zero-order valence-electron chi connectivity index (χ0n) is 14.5. The molecule has 2 aromatic rings. The highest BCUT2D eigenvalue weighted by Crippen LogP contribution is 2.33. The molecule has 0 unspecified atom stereocenters. The molecular weight excluding hydrogens is 416 g/mol. The molecule has 0 spiro atoms. The van der Waals surface area contributed by atoms with Gasteiger partial charge in [0.1, 0.15) is 6.04 Å². The van der Waals surface area contributed by atoms with E-state index in [0.29, 0.717) is 18.7 Å². The number of amides is 2. The van der Waals surface area contributed by atoms with Crippen LogP contribution in [0, 0.1) is 0 Å². The Morgan fingerprint density at radius 3 is 2.62 bits per heavy atom. The van der Waals surface area contributed by atoms with E-state index in [0.717, 1.165) is 20.5 Å². The van der Waals surface area contributed by atoms with Gasteiger partial charge in [-0.1, -0.05) is 22.0 Å². The molecule has 0 aromatic heterocycles. The number of ether oxygens (including phenoxy) is 1. The fraction of sp³-hybridized carbons (Fsp3) is 0.263. The number of hydrogen-bond acceptors (Lipinski definition) is 4. The topological polar surface area (TPSA) is 58.6 Å². The Morgan fingerprint density at radius 1 is 1.23 bits per heavy atom. The summed E-state index contributed by atoms with van der Waals surface area (Å²) in [6.07, 6.45) is 2.18. The standard InChI is InChI=1S/C19H19BrN2O3S/c1-25-19(24)22-10-9-12-3-4-13(20)11-16(12)17(22)18(23)21-14-5-7-15(26-2)8-6-14/h3-8,11,17H,9-10H2,1-2H3,(H,21,23)/t17-/m1/s1. The monoisotopic (exact) mass is 434 g/mol. The Labute approximate surface area is 165 Å². The van der Waals surface area contributed by atoms with E-state index in [2.05, 4.69) is 21.2 Å². The van der Waals surface area contributed by atoms with Gasteiger partial charge in [0, 0.05) is 21.6 Å². The van der Waals surface area contributed by atoms with Gasteiger partial charge in [0.25, 0.3) is 5.91 Å². The number of thioether (sulfide) groups is 1. The zero-order chi connectivity index (χ0) is 18.7. The van der Waals surface area contributed by atoms with E-state index in [9.17, 15) is 9.59 Å². The molecule has 0 aliphatic carbocycles. The number of fused-ring (bicyclic) bond motifs is 1. The van der Waals surface area contributed by atoms with Gasteiger partial charge in [0.2, 0.25) is 0 Å². The Bertz CT molecular complexity index is 826. The first kappa shape index (κ1) is 18.8. The number of nitrogens with zero attached hydrogens (tertiary/aromatic N) is 1. The number of carbonyl (C=O) groups is 2. The summed E-state index contributed by atoms with van der Waals surface area (Å²) in [6.45, 7) is 0.435. The second-order valence-corrected chi connectivity index (χ2v) is 7.67. The van der Waals surface area contributed by atoms with Crippen LogP contribution in [0.3, 0.4) is 0 Å². The van der Waals surface area contributed by atoms with E-state index < -0.39 is 12.1 Å². The summed E-state index contributed by atoms with van der Waals surface area (Å²) in [4.78, 5) is 27.9. The number of halogens is 1.